The molecule has 104 valence electrons. The van der Waals surface area contributed by atoms with E-state index in [0.29, 0.717) is 12.1 Å². The first kappa shape index (κ1) is 15.3. The van der Waals surface area contributed by atoms with Crippen molar-refractivity contribution in [3.63, 3.8) is 0 Å². The summed E-state index contributed by atoms with van der Waals surface area (Å²) in [4.78, 5) is 0. The molecule has 0 aromatic heterocycles. The molecule has 0 unspecified atom stereocenters. The molecule has 0 fully saturated rings. The summed E-state index contributed by atoms with van der Waals surface area (Å²) in [5.74, 6) is 0. The summed E-state index contributed by atoms with van der Waals surface area (Å²) in [7, 11) is 0. The van der Waals surface area contributed by atoms with Crippen LogP contribution in [0, 0.1) is 18.3 Å². The van der Waals surface area contributed by atoms with Crippen molar-refractivity contribution in [2.24, 2.45) is 0 Å². The Morgan fingerprint density at radius 1 is 0.947 bits per heavy atom. The molecule has 0 aliphatic carbocycles. The zero-order valence-corrected chi connectivity index (χ0v) is 9.33. The monoisotopic (exact) mass is 285 g/mol. The van der Waals surface area contributed by atoms with E-state index in [4.69, 9.17) is 5.26 Å². The van der Waals surface area contributed by atoms with E-state index in [1.807, 2.05) is 0 Å². The fourth-order valence-electron chi connectivity index (χ4n) is 1.49. The van der Waals surface area contributed by atoms with Crippen LogP contribution in [-0.2, 0) is 5.67 Å². The van der Waals surface area contributed by atoms with E-state index < -0.39 is 23.6 Å². The van der Waals surface area contributed by atoms with Crippen molar-refractivity contribution in [1.29, 1.82) is 5.26 Å². The molecule has 0 saturated heterocycles. The summed E-state index contributed by atoms with van der Waals surface area (Å²) in [6.07, 6.45) is -12.3. The van der Waals surface area contributed by atoms with Crippen molar-refractivity contribution >= 4 is 0 Å². The molecule has 19 heavy (non-hydrogen) atoms. The predicted octanol–water partition coefficient (Wildman–Crippen LogP) is 4.16. The molecule has 0 atom stereocenters. The van der Waals surface area contributed by atoms with Gasteiger partial charge in [0, 0.05) is 5.56 Å². The topological polar surface area (TPSA) is 23.8 Å². The molecule has 0 amide bonds. The fourth-order valence-corrected chi connectivity index (χ4v) is 1.49. The number of rotatable bonds is 1. The van der Waals surface area contributed by atoms with Gasteiger partial charge < -0.3 is 0 Å². The molecule has 8 heteroatoms. The molecule has 0 heterocycles. The number of benzene rings is 1. The average Bonchev–Trinajstić information content (AvgIpc) is 2.24. The molecule has 0 saturated carbocycles. The smallest absolute Gasteiger partial charge is 0.218 e. The predicted molar refractivity (Wildman–Crippen MR) is 50.8 cm³/mol. The maximum atomic E-state index is 13.6. The number of aryl methyl sites for hydroxylation is 1. The van der Waals surface area contributed by atoms with Crippen molar-refractivity contribution in [3.05, 3.63) is 34.9 Å². The van der Waals surface area contributed by atoms with E-state index in [1.54, 1.807) is 6.07 Å². The summed E-state index contributed by atoms with van der Waals surface area (Å²) in [5, 5.41) is 8.54. The van der Waals surface area contributed by atoms with Gasteiger partial charge in [-0.3, -0.25) is 0 Å². The Balaban J connectivity index is 3.54. The lowest BCUT2D eigenvalue weighted by molar-refractivity contribution is -0.348. The van der Waals surface area contributed by atoms with Gasteiger partial charge in [0.2, 0.25) is 0 Å². The van der Waals surface area contributed by atoms with Crippen molar-refractivity contribution in [1.82, 2.24) is 0 Å². The Hall–Kier alpha value is -1.78. The van der Waals surface area contributed by atoms with E-state index in [0.717, 1.165) is 13.0 Å². The first-order valence-electron chi connectivity index (χ1n) is 4.78. The lowest BCUT2D eigenvalue weighted by atomic mass is 9.91. The largest absolute Gasteiger partial charge is 0.435 e. The van der Waals surface area contributed by atoms with E-state index in [-0.39, 0.29) is 11.1 Å². The van der Waals surface area contributed by atoms with Crippen LogP contribution in [0.4, 0.5) is 30.7 Å². The van der Waals surface area contributed by atoms with Crippen LogP contribution in [0.1, 0.15) is 16.7 Å². The highest BCUT2D eigenvalue weighted by atomic mass is 19.4. The maximum Gasteiger partial charge on any atom is 0.435 e. The fraction of sp³-hybridized carbons (Fsp3) is 0.364. The number of alkyl halides is 7. The van der Waals surface area contributed by atoms with E-state index in [2.05, 4.69) is 0 Å². The van der Waals surface area contributed by atoms with Crippen LogP contribution in [0.5, 0.6) is 0 Å². The third kappa shape index (κ3) is 2.37. The number of hydrogen-bond donors (Lipinski definition) is 0. The Kier molecular flexibility index (Phi) is 3.54. The van der Waals surface area contributed by atoms with Gasteiger partial charge in [-0.15, -0.1) is 0 Å². The highest BCUT2D eigenvalue weighted by Crippen LogP contribution is 2.53. The van der Waals surface area contributed by atoms with Gasteiger partial charge in [-0.25, -0.2) is 4.39 Å². The normalized spacial score (nSPS) is 13.2. The van der Waals surface area contributed by atoms with Crippen LogP contribution >= 0.6 is 0 Å². The first-order valence-corrected chi connectivity index (χ1v) is 4.78. The second kappa shape index (κ2) is 4.40. The van der Waals surface area contributed by atoms with E-state index in [9.17, 15) is 30.7 Å². The Bertz CT molecular complexity index is 507. The lowest BCUT2D eigenvalue weighted by Crippen LogP contribution is -2.50. The molecule has 1 aromatic rings. The van der Waals surface area contributed by atoms with Crippen molar-refractivity contribution in [3.8, 4) is 6.07 Å². The van der Waals surface area contributed by atoms with Gasteiger partial charge in [-0.1, -0.05) is 12.1 Å². The minimum absolute atomic E-state index is 0.129. The number of hydrogen-bond acceptors (Lipinski definition) is 1. The molecule has 0 radical (unpaired) electrons. The highest BCUT2D eigenvalue weighted by molar-refractivity contribution is 5.42. The molecule has 1 aromatic carbocycles. The van der Waals surface area contributed by atoms with Crippen LogP contribution in [0.25, 0.3) is 0 Å². The summed E-state index contributed by atoms with van der Waals surface area (Å²) in [6.45, 7) is 1.12. The van der Waals surface area contributed by atoms with Gasteiger partial charge in [0.05, 0.1) is 11.6 Å². The average molecular weight is 285 g/mol. The first-order chi connectivity index (χ1) is 8.45. The minimum atomic E-state index is -6.15. The van der Waals surface area contributed by atoms with Gasteiger partial charge in [-0.2, -0.15) is 31.6 Å². The van der Waals surface area contributed by atoms with Gasteiger partial charge in [0.15, 0.2) is 0 Å². The zero-order chi connectivity index (χ0) is 15.1. The molecule has 0 spiro atoms. The van der Waals surface area contributed by atoms with Crippen molar-refractivity contribution in [2.75, 3.05) is 0 Å². The van der Waals surface area contributed by atoms with Crippen LogP contribution in [0.15, 0.2) is 18.2 Å². The molecule has 1 nitrogen and oxygen atoms in total. The number of nitriles is 1. The van der Waals surface area contributed by atoms with Crippen LogP contribution in [-0.4, -0.2) is 12.4 Å². The quantitative estimate of drug-likeness (QED) is 0.711. The lowest BCUT2D eigenvalue weighted by Gasteiger charge is -2.30. The SMILES string of the molecule is Cc1cc(C(F)(C(F)(F)F)C(F)(F)F)ccc1C#N. The van der Waals surface area contributed by atoms with Gasteiger partial charge in [0.25, 0.3) is 0 Å². The Morgan fingerprint density at radius 2 is 1.42 bits per heavy atom. The highest BCUT2D eigenvalue weighted by Gasteiger charge is 2.73. The molecule has 0 N–H and O–H groups in total. The van der Waals surface area contributed by atoms with Crippen molar-refractivity contribution in [2.45, 2.75) is 24.9 Å². The molecule has 1 rings (SSSR count). The maximum absolute atomic E-state index is 13.6. The summed E-state index contributed by atoms with van der Waals surface area (Å²) >= 11 is 0. The standard InChI is InChI=1S/C11H6F7N/c1-6-4-8(3-2-7(6)5-19)9(12,10(13,14)15)11(16,17)18/h2-4H,1H3. The molecule has 0 aliphatic heterocycles. The Labute approximate surface area is 103 Å². The summed E-state index contributed by atoms with van der Waals surface area (Å²) in [6, 6.07) is 2.97. The van der Waals surface area contributed by atoms with Crippen LogP contribution in [0.2, 0.25) is 0 Å². The minimum Gasteiger partial charge on any atom is -0.218 e. The molecule has 0 aliphatic rings. The van der Waals surface area contributed by atoms with E-state index in [1.165, 1.54) is 0 Å². The van der Waals surface area contributed by atoms with Crippen LogP contribution in [0.3, 0.4) is 0 Å². The third-order valence-electron chi connectivity index (χ3n) is 2.53. The number of nitrogens with zero attached hydrogens (tertiary/aromatic N) is 1. The van der Waals surface area contributed by atoms with Crippen LogP contribution < -0.4 is 0 Å². The van der Waals surface area contributed by atoms with Gasteiger partial charge >= 0.3 is 18.0 Å². The summed E-state index contributed by atoms with van der Waals surface area (Å²) in [5.41, 5.74) is -7.35. The summed E-state index contributed by atoms with van der Waals surface area (Å²) < 4.78 is 88.3. The molecular formula is C11H6F7N. The molecular weight excluding hydrogens is 279 g/mol. The second-order valence-electron chi connectivity index (χ2n) is 3.80. The third-order valence-corrected chi connectivity index (χ3v) is 2.53. The second-order valence-corrected chi connectivity index (χ2v) is 3.80. The zero-order valence-electron chi connectivity index (χ0n) is 9.33. The van der Waals surface area contributed by atoms with Crippen molar-refractivity contribution < 1.29 is 30.7 Å². The molecule has 0 bridgehead atoms. The van der Waals surface area contributed by atoms with Gasteiger partial charge in [-0.05, 0) is 18.6 Å². The Morgan fingerprint density at radius 3 is 1.74 bits per heavy atom. The number of halogens is 7. The van der Waals surface area contributed by atoms with Gasteiger partial charge in [0.1, 0.15) is 0 Å². The van der Waals surface area contributed by atoms with E-state index >= 15 is 0 Å².